The first-order valence-electron chi connectivity index (χ1n) is 6.92. The molecule has 0 saturated heterocycles. The predicted octanol–water partition coefficient (Wildman–Crippen LogP) is 2.33. The Bertz CT molecular complexity index is 543. The number of ether oxygens (including phenoxy) is 3. The van der Waals surface area contributed by atoms with Crippen LogP contribution in [0.25, 0.3) is 0 Å². The Balaban J connectivity index is 1.93. The number of carbonyl (C=O) groups is 2. The average Bonchev–Trinajstić information content (AvgIpc) is 2.93. The summed E-state index contributed by atoms with van der Waals surface area (Å²) in [5, 5.41) is 2.68. The summed E-state index contributed by atoms with van der Waals surface area (Å²) < 4.78 is 15.5. The minimum Gasteiger partial charge on any atom is -0.454 e. The molecule has 0 spiro atoms. The highest BCUT2D eigenvalue weighted by atomic mass is 16.7. The topological polar surface area (TPSA) is 73.9 Å². The molecular weight excluding hydrogens is 274 g/mol. The smallest absolute Gasteiger partial charge is 0.309 e. The first-order chi connectivity index (χ1) is 10.0. The maximum Gasteiger partial charge on any atom is 0.309 e. The average molecular weight is 293 g/mol. The molecule has 2 unspecified atom stereocenters. The fourth-order valence-electron chi connectivity index (χ4n) is 1.73. The van der Waals surface area contributed by atoms with Crippen LogP contribution in [0.4, 0.5) is 5.69 Å². The van der Waals surface area contributed by atoms with Gasteiger partial charge in [-0.25, -0.2) is 0 Å². The molecule has 0 bridgehead atoms. The van der Waals surface area contributed by atoms with E-state index in [0.717, 1.165) is 0 Å². The van der Waals surface area contributed by atoms with Crippen LogP contribution in [0.15, 0.2) is 18.2 Å². The third-order valence-electron chi connectivity index (χ3n) is 3.32. The summed E-state index contributed by atoms with van der Waals surface area (Å²) in [6.45, 7) is 5.38. The third-order valence-corrected chi connectivity index (χ3v) is 3.32. The molecule has 21 heavy (non-hydrogen) atoms. The molecule has 1 aromatic rings. The molecule has 114 valence electrons. The van der Waals surface area contributed by atoms with Crippen LogP contribution in [0, 0.1) is 5.92 Å². The van der Waals surface area contributed by atoms with Crippen LogP contribution in [0.5, 0.6) is 11.5 Å². The molecule has 2 atom stereocenters. The second-order valence-electron chi connectivity index (χ2n) is 4.95. The monoisotopic (exact) mass is 293 g/mol. The van der Waals surface area contributed by atoms with Gasteiger partial charge in [-0.15, -0.1) is 0 Å². The summed E-state index contributed by atoms with van der Waals surface area (Å²) in [5.41, 5.74) is 0.565. The number of nitrogens with one attached hydrogen (secondary N) is 1. The van der Waals surface area contributed by atoms with E-state index in [2.05, 4.69) is 5.32 Å². The van der Waals surface area contributed by atoms with Crippen LogP contribution in [0.1, 0.15) is 27.2 Å². The van der Waals surface area contributed by atoms with Crippen molar-refractivity contribution in [2.24, 2.45) is 5.92 Å². The van der Waals surface area contributed by atoms with Crippen molar-refractivity contribution in [1.82, 2.24) is 0 Å². The molecule has 1 aliphatic rings. The summed E-state index contributed by atoms with van der Waals surface area (Å²) >= 11 is 0. The molecule has 1 N–H and O–H groups in total. The number of esters is 1. The first-order valence-corrected chi connectivity index (χ1v) is 6.92. The van der Waals surface area contributed by atoms with Crippen LogP contribution < -0.4 is 14.8 Å². The summed E-state index contributed by atoms with van der Waals surface area (Å²) in [7, 11) is 0. The Hall–Kier alpha value is -2.24. The normalized spacial score (nSPS) is 15.2. The highest BCUT2D eigenvalue weighted by Gasteiger charge is 2.22. The lowest BCUT2D eigenvalue weighted by Gasteiger charge is -2.16. The first kappa shape index (κ1) is 15.2. The predicted molar refractivity (Wildman–Crippen MR) is 76.2 cm³/mol. The molecule has 0 fully saturated rings. The maximum absolute atomic E-state index is 12.0. The van der Waals surface area contributed by atoms with E-state index in [9.17, 15) is 9.59 Å². The van der Waals surface area contributed by atoms with E-state index < -0.39 is 6.10 Å². The number of rotatable bonds is 5. The molecule has 2 rings (SSSR count). The minimum atomic E-state index is -0.850. The van der Waals surface area contributed by atoms with Gasteiger partial charge in [0, 0.05) is 11.8 Å². The lowest BCUT2D eigenvalue weighted by molar-refractivity contribution is -0.156. The van der Waals surface area contributed by atoms with Crippen molar-refractivity contribution in [1.29, 1.82) is 0 Å². The Morgan fingerprint density at radius 2 is 2.00 bits per heavy atom. The number of hydrogen-bond acceptors (Lipinski definition) is 5. The summed E-state index contributed by atoms with van der Waals surface area (Å²) in [5.74, 6) is 0.253. The number of anilines is 1. The number of benzene rings is 1. The van der Waals surface area contributed by atoms with Gasteiger partial charge in [-0.1, -0.05) is 13.8 Å². The van der Waals surface area contributed by atoms with Crippen molar-refractivity contribution in [3.05, 3.63) is 18.2 Å². The van der Waals surface area contributed by atoms with E-state index in [1.165, 1.54) is 0 Å². The molecule has 6 heteroatoms. The fourth-order valence-corrected chi connectivity index (χ4v) is 1.73. The molecule has 1 aromatic carbocycles. The molecule has 0 aliphatic carbocycles. The second-order valence-corrected chi connectivity index (χ2v) is 4.95. The highest BCUT2D eigenvalue weighted by Crippen LogP contribution is 2.34. The van der Waals surface area contributed by atoms with Crippen molar-refractivity contribution in [3.8, 4) is 11.5 Å². The molecule has 0 saturated carbocycles. The van der Waals surface area contributed by atoms with Gasteiger partial charge in [0.15, 0.2) is 17.6 Å². The van der Waals surface area contributed by atoms with Gasteiger partial charge in [0.05, 0.1) is 5.92 Å². The van der Waals surface area contributed by atoms with Crippen molar-refractivity contribution in [2.45, 2.75) is 33.3 Å². The van der Waals surface area contributed by atoms with Crippen molar-refractivity contribution >= 4 is 17.6 Å². The van der Waals surface area contributed by atoms with Gasteiger partial charge in [-0.05, 0) is 25.5 Å². The zero-order chi connectivity index (χ0) is 15.4. The quantitative estimate of drug-likeness (QED) is 0.843. The molecule has 1 heterocycles. The van der Waals surface area contributed by atoms with E-state index in [4.69, 9.17) is 14.2 Å². The van der Waals surface area contributed by atoms with Gasteiger partial charge in [0.1, 0.15) is 0 Å². The van der Waals surface area contributed by atoms with Gasteiger partial charge < -0.3 is 19.5 Å². The number of amides is 1. The Labute approximate surface area is 123 Å². The van der Waals surface area contributed by atoms with Gasteiger partial charge in [-0.2, -0.15) is 0 Å². The van der Waals surface area contributed by atoms with E-state index in [1.54, 1.807) is 32.0 Å². The molecule has 1 amide bonds. The second kappa shape index (κ2) is 6.47. The van der Waals surface area contributed by atoms with E-state index in [1.807, 2.05) is 6.92 Å². The Kier molecular flexibility index (Phi) is 4.67. The van der Waals surface area contributed by atoms with Gasteiger partial charge in [0.25, 0.3) is 5.91 Å². The zero-order valence-electron chi connectivity index (χ0n) is 12.3. The van der Waals surface area contributed by atoms with Crippen LogP contribution >= 0.6 is 0 Å². The van der Waals surface area contributed by atoms with Gasteiger partial charge >= 0.3 is 5.97 Å². The minimum absolute atomic E-state index is 0.176. The van der Waals surface area contributed by atoms with Crippen molar-refractivity contribution in [3.63, 3.8) is 0 Å². The molecule has 1 aliphatic heterocycles. The van der Waals surface area contributed by atoms with E-state index in [-0.39, 0.29) is 24.6 Å². The molecule has 6 nitrogen and oxygen atoms in total. The van der Waals surface area contributed by atoms with E-state index >= 15 is 0 Å². The fraction of sp³-hybridized carbons (Fsp3) is 0.467. The SMILES string of the molecule is CCC(C)C(=O)OC(C)C(=O)Nc1ccc2c(c1)OCO2. The van der Waals surface area contributed by atoms with E-state index in [0.29, 0.717) is 23.6 Å². The number of carbonyl (C=O) groups excluding carboxylic acids is 2. The van der Waals surface area contributed by atoms with Crippen LogP contribution in [-0.2, 0) is 14.3 Å². The summed E-state index contributed by atoms with van der Waals surface area (Å²) in [4.78, 5) is 23.7. The number of fused-ring (bicyclic) bond motifs is 1. The van der Waals surface area contributed by atoms with Crippen LogP contribution in [0.2, 0.25) is 0 Å². The lowest BCUT2D eigenvalue weighted by atomic mass is 10.1. The Morgan fingerprint density at radius 3 is 2.71 bits per heavy atom. The zero-order valence-corrected chi connectivity index (χ0v) is 12.3. The summed E-state index contributed by atoms with van der Waals surface area (Å²) in [6.07, 6.45) is -0.174. The largest absolute Gasteiger partial charge is 0.454 e. The Morgan fingerprint density at radius 1 is 1.29 bits per heavy atom. The highest BCUT2D eigenvalue weighted by molar-refractivity contribution is 5.95. The lowest BCUT2D eigenvalue weighted by Crippen LogP contribution is -2.31. The summed E-state index contributed by atoms with van der Waals surface area (Å²) in [6, 6.07) is 5.09. The van der Waals surface area contributed by atoms with Crippen molar-refractivity contribution in [2.75, 3.05) is 12.1 Å². The molecule has 0 aromatic heterocycles. The van der Waals surface area contributed by atoms with Crippen LogP contribution in [0.3, 0.4) is 0 Å². The van der Waals surface area contributed by atoms with Crippen LogP contribution in [-0.4, -0.2) is 24.8 Å². The molecular formula is C15H19NO5. The third kappa shape index (κ3) is 3.65. The standard InChI is InChI=1S/C15H19NO5/c1-4-9(2)15(18)21-10(3)14(17)16-11-5-6-12-13(7-11)20-8-19-12/h5-7,9-10H,4,8H2,1-3H3,(H,16,17). The maximum atomic E-state index is 12.0. The van der Waals surface area contributed by atoms with Crippen molar-refractivity contribution < 1.29 is 23.8 Å². The van der Waals surface area contributed by atoms with Gasteiger partial charge in [0.2, 0.25) is 6.79 Å². The van der Waals surface area contributed by atoms with Gasteiger partial charge in [-0.3, -0.25) is 9.59 Å². The molecule has 0 radical (unpaired) electrons. The number of hydrogen-bond donors (Lipinski definition) is 1.